The Bertz CT molecular complexity index is 810. The van der Waals surface area contributed by atoms with Gasteiger partial charge in [-0.2, -0.15) is 4.98 Å². The summed E-state index contributed by atoms with van der Waals surface area (Å²) in [5, 5.41) is 10.4. The number of halogens is 1. The molecular weight excluding hydrogens is 280 g/mol. The first-order chi connectivity index (χ1) is 9.66. The SMILES string of the molecule is O=c1[nH]c(-c2ccoc2)nc(O)c1-c1ccccc1Cl. The topological polar surface area (TPSA) is 79.1 Å². The summed E-state index contributed by atoms with van der Waals surface area (Å²) >= 11 is 6.04. The zero-order valence-corrected chi connectivity index (χ0v) is 10.9. The minimum Gasteiger partial charge on any atom is -0.493 e. The van der Waals surface area contributed by atoms with E-state index in [1.54, 1.807) is 30.3 Å². The van der Waals surface area contributed by atoms with Gasteiger partial charge in [0.05, 0.1) is 11.8 Å². The third-order valence-electron chi connectivity index (χ3n) is 2.84. The summed E-state index contributed by atoms with van der Waals surface area (Å²) in [6.07, 6.45) is 2.88. The Morgan fingerprint density at radius 2 is 2.05 bits per heavy atom. The zero-order valence-electron chi connectivity index (χ0n) is 10.1. The Kier molecular flexibility index (Phi) is 3.04. The first-order valence-electron chi connectivity index (χ1n) is 5.77. The van der Waals surface area contributed by atoms with Crippen LogP contribution < -0.4 is 5.56 Å². The summed E-state index contributed by atoms with van der Waals surface area (Å²) in [5.41, 5.74) is 0.576. The lowest BCUT2D eigenvalue weighted by Crippen LogP contribution is -2.12. The van der Waals surface area contributed by atoms with E-state index in [4.69, 9.17) is 16.0 Å². The van der Waals surface area contributed by atoms with E-state index in [1.165, 1.54) is 12.5 Å². The number of rotatable bonds is 2. The van der Waals surface area contributed by atoms with Crippen LogP contribution in [0.3, 0.4) is 0 Å². The van der Waals surface area contributed by atoms with Crippen molar-refractivity contribution in [1.82, 2.24) is 9.97 Å². The molecule has 0 fully saturated rings. The fourth-order valence-corrected chi connectivity index (χ4v) is 2.13. The van der Waals surface area contributed by atoms with Crippen molar-refractivity contribution in [2.75, 3.05) is 0 Å². The molecule has 0 aliphatic carbocycles. The van der Waals surface area contributed by atoms with Gasteiger partial charge in [-0.15, -0.1) is 0 Å². The van der Waals surface area contributed by atoms with Crippen LogP contribution in [0.25, 0.3) is 22.5 Å². The molecule has 6 heteroatoms. The van der Waals surface area contributed by atoms with Gasteiger partial charge in [0.1, 0.15) is 17.7 Å². The maximum absolute atomic E-state index is 12.2. The van der Waals surface area contributed by atoms with Crippen molar-refractivity contribution in [3.63, 3.8) is 0 Å². The highest BCUT2D eigenvalue weighted by Crippen LogP contribution is 2.30. The Morgan fingerprint density at radius 1 is 1.25 bits per heavy atom. The normalized spacial score (nSPS) is 10.7. The van der Waals surface area contributed by atoms with Crippen molar-refractivity contribution < 1.29 is 9.52 Å². The van der Waals surface area contributed by atoms with Crippen molar-refractivity contribution in [2.24, 2.45) is 0 Å². The van der Waals surface area contributed by atoms with Crippen molar-refractivity contribution in [1.29, 1.82) is 0 Å². The number of aromatic amines is 1. The van der Waals surface area contributed by atoms with E-state index in [0.717, 1.165) is 0 Å². The maximum Gasteiger partial charge on any atom is 0.262 e. The molecule has 0 aliphatic heterocycles. The minimum absolute atomic E-state index is 0.0443. The van der Waals surface area contributed by atoms with Crippen LogP contribution >= 0.6 is 11.6 Å². The number of hydrogen-bond donors (Lipinski definition) is 2. The average Bonchev–Trinajstić information content (AvgIpc) is 2.94. The molecular formula is C14H9ClN2O3. The van der Waals surface area contributed by atoms with Gasteiger partial charge < -0.3 is 14.5 Å². The second-order valence-electron chi connectivity index (χ2n) is 4.11. The number of hydrogen-bond acceptors (Lipinski definition) is 4. The van der Waals surface area contributed by atoms with E-state index in [1.807, 2.05) is 0 Å². The molecule has 3 aromatic rings. The van der Waals surface area contributed by atoms with Crippen molar-refractivity contribution in [3.05, 3.63) is 58.2 Å². The number of nitrogens with one attached hydrogen (secondary N) is 1. The Balaban J connectivity index is 2.20. The third-order valence-corrected chi connectivity index (χ3v) is 3.17. The number of aromatic hydroxyl groups is 1. The lowest BCUT2D eigenvalue weighted by molar-refractivity contribution is 0.454. The summed E-state index contributed by atoms with van der Waals surface area (Å²) in [6, 6.07) is 8.38. The number of furan rings is 1. The maximum atomic E-state index is 12.2. The van der Waals surface area contributed by atoms with Crippen molar-refractivity contribution in [2.45, 2.75) is 0 Å². The molecule has 5 nitrogen and oxygen atoms in total. The van der Waals surface area contributed by atoms with Crippen LogP contribution in [0.2, 0.25) is 5.02 Å². The Labute approximate surface area is 118 Å². The Hall–Kier alpha value is -2.53. The van der Waals surface area contributed by atoms with E-state index in [9.17, 15) is 9.90 Å². The number of H-pyrrole nitrogens is 1. The molecule has 20 heavy (non-hydrogen) atoms. The van der Waals surface area contributed by atoms with Crippen LogP contribution in [-0.2, 0) is 0 Å². The molecule has 100 valence electrons. The highest BCUT2D eigenvalue weighted by atomic mass is 35.5. The molecule has 1 aromatic carbocycles. The highest BCUT2D eigenvalue weighted by molar-refractivity contribution is 6.33. The van der Waals surface area contributed by atoms with Gasteiger partial charge in [0.2, 0.25) is 5.88 Å². The molecule has 0 atom stereocenters. The number of nitrogens with zero attached hydrogens (tertiary/aromatic N) is 1. The lowest BCUT2D eigenvalue weighted by Gasteiger charge is -2.06. The van der Waals surface area contributed by atoms with E-state index >= 15 is 0 Å². The van der Waals surface area contributed by atoms with Gasteiger partial charge in [0, 0.05) is 10.6 Å². The number of benzene rings is 1. The van der Waals surface area contributed by atoms with Crippen LogP contribution in [-0.4, -0.2) is 15.1 Å². The molecule has 0 spiro atoms. The Morgan fingerprint density at radius 3 is 2.70 bits per heavy atom. The van der Waals surface area contributed by atoms with E-state index in [2.05, 4.69) is 9.97 Å². The molecule has 0 saturated carbocycles. The summed E-state index contributed by atoms with van der Waals surface area (Å²) in [7, 11) is 0. The molecule has 0 aliphatic rings. The smallest absolute Gasteiger partial charge is 0.262 e. The standard InChI is InChI=1S/C14H9ClN2O3/c15-10-4-2-1-3-9(10)11-13(18)16-12(17-14(11)19)8-5-6-20-7-8/h1-7H,(H2,16,17,18,19). The first kappa shape index (κ1) is 12.5. The molecule has 0 unspecified atom stereocenters. The van der Waals surface area contributed by atoms with Crippen LogP contribution in [0, 0.1) is 0 Å². The second kappa shape index (κ2) is 4.86. The van der Waals surface area contributed by atoms with Gasteiger partial charge in [-0.05, 0) is 12.1 Å². The van der Waals surface area contributed by atoms with Gasteiger partial charge in [0.15, 0.2) is 0 Å². The van der Waals surface area contributed by atoms with Crippen LogP contribution in [0.1, 0.15) is 0 Å². The molecule has 2 N–H and O–H groups in total. The van der Waals surface area contributed by atoms with E-state index in [-0.39, 0.29) is 17.3 Å². The molecule has 0 saturated heterocycles. The van der Waals surface area contributed by atoms with Crippen LogP contribution in [0.5, 0.6) is 5.88 Å². The molecule has 2 aromatic heterocycles. The second-order valence-corrected chi connectivity index (χ2v) is 4.51. The monoisotopic (exact) mass is 288 g/mol. The van der Waals surface area contributed by atoms with Crippen molar-refractivity contribution >= 4 is 11.6 Å². The van der Waals surface area contributed by atoms with Gasteiger partial charge in [-0.25, -0.2) is 0 Å². The minimum atomic E-state index is -0.471. The number of aromatic nitrogens is 2. The van der Waals surface area contributed by atoms with Gasteiger partial charge >= 0.3 is 0 Å². The molecule has 0 radical (unpaired) electrons. The van der Waals surface area contributed by atoms with Crippen molar-refractivity contribution in [3.8, 4) is 28.4 Å². The van der Waals surface area contributed by atoms with E-state index < -0.39 is 5.56 Å². The van der Waals surface area contributed by atoms with Gasteiger partial charge in [-0.1, -0.05) is 29.8 Å². The molecule has 0 amide bonds. The summed E-state index contributed by atoms with van der Waals surface area (Å²) in [5.74, 6) is -0.143. The molecule has 0 bridgehead atoms. The first-order valence-corrected chi connectivity index (χ1v) is 6.15. The molecule has 2 heterocycles. The predicted molar refractivity (Wildman–Crippen MR) is 74.7 cm³/mol. The largest absolute Gasteiger partial charge is 0.493 e. The molecule has 3 rings (SSSR count). The zero-order chi connectivity index (χ0) is 14.1. The fraction of sp³-hybridized carbons (Fsp3) is 0. The van der Waals surface area contributed by atoms with E-state index in [0.29, 0.717) is 16.1 Å². The summed E-state index contributed by atoms with van der Waals surface area (Å²) in [4.78, 5) is 18.7. The average molecular weight is 289 g/mol. The fourth-order valence-electron chi connectivity index (χ4n) is 1.90. The summed E-state index contributed by atoms with van der Waals surface area (Å²) in [6.45, 7) is 0. The van der Waals surface area contributed by atoms with Gasteiger partial charge in [-0.3, -0.25) is 4.79 Å². The lowest BCUT2D eigenvalue weighted by atomic mass is 10.1. The predicted octanol–water partition coefficient (Wildman–Crippen LogP) is 3.06. The van der Waals surface area contributed by atoms with Gasteiger partial charge in [0.25, 0.3) is 5.56 Å². The summed E-state index contributed by atoms with van der Waals surface area (Å²) < 4.78 is 4.92. The van der Waals surface area contributed by atoms with Crippen LogP contribution in [0.4, 0.5) is 0 Å². The van der Waals surface area contributed by atoms with Crippen LogP contribution in [0.15, 0.2) is 52.1 Å². The highest BCUT2D eigenvalue weighted by Gasteiger charge is 2.16. The third kappa shape index (κ3) is 2.08. The quantitative estimate of drug-likeness (QED) is 0.759.